The summed E-state index contributed by atoms with van der Waals surface area (Å²) in [7, 11) is -2.70. The van der Waals surface area contributed by atoms with E-state index < -0.39 is 34.3 Å². The second-order valence-electron chi connectivity index (χ2n) is 5.33. The van der Waals surface area contributed by atoms with E-state index in [4.69, 9.17) is 0 Å². The summed E-state index contributed by atoms with van der Waals surface area (Å²) in [5.74, 6) is -1.84. The first-order valence-electron chi connectivity index (χ1n) is 7.43. The molecule has 0 atom stereocenters. The van der Waals surface area contributed by atoms with Gasteiger partial charge in [0.25, 0.3) is 0 Å². The Hall–Kier alpha value is -2.94. The highest BCUT2D eigenvalue weighted by molar-refractivity contribution is 7.92. The number of sulfonamides is 1. The molecule has 0 heterocycles. The lowest BCUT2D eigenvalue weighted by Crippen LogP contribution is -2.38. The number of ether oxygens (including phenoxy) is 1. The van der Waals surface area contributed by atoms with Crippen LogP contribution >= 0.6 is 0 Å². The van der Waals surface area contributed by atoms with E-state index in [0.717, 1.165) is 22.7 Å². The van der Waals surface area contributed by atoms with Gasteiger partial charge in [-0.3, -0.25) is 9.10 Å². The van der Waals surface area contributed by atoms with E-state index in [-0.39, 0.29) is 11.3 Å². The number of amides is 1. The van der Waals surface area contributed by atoms with Crippen molar-refractivity contribution in [2.45, 2.75) is 0 Å². The molecule has 0 radical (unpaired) electrons. The van der Waals surface area contributed by atoms with Gasteiger partial charge in [0.2, 0.25) is 15.9 Å². The summed E-state index contributed by atoms with van der Waals surface area (Å²) < 4.78 is 42.7. The van der Waals surface area contributed by atoms with Crippen LogP contribution in [0.1, 0.15) is 10.4 Å². The molecule has 0 spiro atoms. The Labute approximate surface area is 150 Å². The Morgan fingerprint density at radius 3 is 2.31 bits per heavy atom. The Morgan fingerprint density at radius 1 is 1.12 bits per heavy atom. The maximum Gasteiger partial charge on any atom is 0.340 e. The van der Waals surface area contributed by atoms with Crippen LogP contribution in [0.4, 0.5) is 15.8 Å². The zero-order chi connectivity index (χ0) is 19.3. The van der Waals surface area contributed by atoms with Gasteiger partial charge >= 0.3 is 5.97 Å². The number of para-hydroxylation sites is 1. The minimum Gasteiger partial charge on any atom is -0.465 e. The van der Waals surface area contributed by atoms with E-state index >= 15 is 0 Å². The number of hydrogen-bond acceptors (Lipinski definition) is 5. The average Bonchev–Trinajstić information content (AvgIpc) is 2.60. The predicted molar refractivity (Wildman–Crippen MR) is 95.0 cm³/mol. The topological polar surface area (TPSA) is 92.8 Å². The van der Waals surface area contributed by atoms with Crippen LogP contribution < -0.4 is 9.62 Å². The molecule has 0 bridgehead atoms. The number of halogens is 1. The molecule has 0 aromatic heterocycles. The van der Waals surface area contributed by atoms with Crippen LogP contribution in [-0.2, 0) is 19.6 Å². The van der Waals surface area contributed by atoms with Gasteiger partial charge in [-0.05, 0) is 36.4 Å². The second kappa shape index (κ2) is 7.96. The fourth-order valence-corrected chi connectivity index (χ4v) is 3.09. The molecule has 2 aromatic carbocycles. The molecule has 138 valence electrons. The molecule has 0 aliphatic rings. The average molecular weight is 380 g/mol. The quantitative estimate of drug-likeness (QED) is 0.774. The number of carbonyl (C=O) groups is 2. The fourth-order valence-electron chi connectivity index (χ4n) is 2.22. The summed E-state index contributed by atoms with van der Waals surface area (Å²) in [6.45, 7) is -0.565. The van der Waals surface area contributed by atoms with Crippen LogP contribution in [0.25, 0.3) is 0 Å². The summed E-state index contributed by atoms with van der Waals surface area (Å²) in [6.07, 6.45) is 0.923. The summed E-state index contributed by atoms with van der Waals surface area (Å²) in [4.78, 5) is 24.1. The number of carbonyl (C=O) groups excluding carboxylic acids is 2. The maximum atomic E-state index is 12.9. The molecule has 1 N–H and O–H groups in total. The minimum absolute atomic E-state index is 0.00927. The Bertz CT molecular complexity index is 913. The molecule has 0 aliphatic heterocycles. The first-order chi connectivity index (χ1) is 12.2. The lowest BCUT2D eigenvalue weighted by molar-refractivity contribution is -0.114. The van der Waals surface area contributed by atoms with Crippen molar-refractivity contribution in [1.29, 1.82) is 0 Å². The van der Waals surface area contributed by atoms with Gasteiger partial charge in [-0.25, -0.2) is 17.6 Å². The summed E-state index contributed by atoms with van der Waals surface area (Å²) in [6, 6.07) is 10.9. The zero-order valence-electron chi connectivity index (χ0n) is 14.1. The van der Waals surface area contributed by atoms with Crippen molar-refractivity contribution in [2.75, 3.05) is 29.5 Å². The second-order valence-corrected chi connectivity index (χ2v) is 7.24. The third-order valence-corrected chi connectivity index (χ3v) is 4.52. The van der Waals surface area contributed by atoms with Gasteiger partial charge < -0.3 is 10.1 Å². The SMILES string of the molecule is COC(=O)c1ccccc1N(CC(=O)Nc1ccc(F)cc1)S(C)(=O)=O. The molecule has 0 saturated heterocycles. The molecule has 0 unspecified atom stereocenters. The number of anilines is 2. The smallest absolute Gasteiger partial charge is 0.340 e. The number of benzene rings is 2. The molecule has 7 nitrogen and oxygen atoms in total. The van der Waals surface area contributed by atoms with Crippen molar-refractivity contribution in [3.63, 3.8) is 0 Å². The van der Waals surface area contributed by atoms with Gasteiger partial charge in [-0.15, -0.1) is 0 Å². The lowest BCUT2D eigenvalue weighted by Gasteiger charge is -2.23. The number of rotatable bonds is 6. The van der Waals surface area contributed by atoms with Crippen molar-refractivity contribution in [3.05, 3.63) is 59.9 Å². The standard InChI is InChI=1S/C17H17FN2O5S/c1-25-17(22)14-5-3-4-6-15(14)20(26(2,23)24)11-16(21)19-13-9-7-12(18)8-10-13/h3-10H,11H2,1-2H3,(H,19,21). The molecule has 1 amide bonds. The van der Waals surface area contributed by atoms with Gasteiger partial charge in [-0.2, -0.15) is 0 Å². The number of hydrogen-bond donors (Lipinski definition) is 1. The first-order valence-corrected chi connectivity index (χ1v) is 9.27. The molecule has 2 aromatic rings. The van der Waals surface area contributed by atoms with E-state index in [1.807, 2.05) is 0 Å². The predicted octanol–water partition coefficient (Wildman–Crippen LogP) is 2.02. The minimum atomic E-state index is -3.87. The van der Waals surface area contributed by atoms with Crippen LogP contribution in [0.5, 0.6) is 0 Å². The van der Waals surface area contributed by atoms with Crippen LogP contribution in [0.15, 0.2) is 48.5 Å². The summed E-state index contributed by atoms with van der Waals surface area (Å²) in [5, 5.41) is 2.48. The molecular formula is C17H17FN2O5S. The third kappa shape index (κ3) is 4.79. The van der Waals surface area contributed by atoms with Crippen molar-refractivity contribution >= 4 is 33.3 Å². The molecule has 2 rings (SSSR count). The molecule has 9 heteroatoms. The zero-order valence-corrected chi connectivity index (χ0v) is 14.9. The van der Waals surface area contributed by atoms with E-state index in [0.29, 0.717) is 5.69 Å². The van der Waals surface area contributed by atoms with Crippen molar-refractivity contribution in [1.82, 2.24) is 0 Å². The van der Waals surface area contributed by atoms with Gasteiger partial charge in [0, 0.05) is 5.69 Å². The molecule has 0 saturated carbocycles. The highest BCUT2D eigenvalue weighted by Crippen LogP contribution is 2.23. The van der Waals surface area contributed by atoms with E-state index in [1.54, 1.807) is 6.07 Å². The van der Waals surface area contributed by atoms with Crippen LogP contribution in [0.2, 0.25) is 0 Å². The van der Waals surface area contributed by atoms with E-state index in [2.05, 4.69) is 10.1 Å². The Morgan fingerprint density at radius 2 is 1.73 bits per heavy atom. The normalized spacial score (nSPS) is 10.9. The van der Waals surface area contributed by atoms with E-state index in [9.17, 15) is 22.4 Å². The summed E-state index contributed by atoms with van der Waals surface area (Å²) >= 11 is 0. The number of nitrogens with one attached hydrogen (secondary N) is 1. The maximum absolute atomic E-state index is 12.9. The monoisotopic (exact) mass is 380 g/mol. The van der Waals surface area contributed by atoms with E-state index in [1.165, 1.54) is 37.4 Å². The third-order valence-electron chi connectivity index (χ3n) is 3.39. The van der Waals surface area contributed by atoms with Crippen molar-refractivity contribution < 1.29 is 27.1 Å². The van der Waals surface area contributed by atoms with Gasteiger partial charge in [0.05, 0.1) is 24.6 Å². The molecular weight excluding hydrogens is 363 g/mol. The molecule has 0 fully saturated rings. The van der Waals surface area contributed by atoms with Gasteiger partial charge in [0.1, 0.15) is 12.4 Å². The Kier molecular flexibility index (Phi) is 5.93. The van der Waals surface area contributed by atoms with Gasteiger partial charge in [-0.1, -0.05) is 12.1 Å². The number of esters is 1. The highest BCUT2D eigenvalue weighted by atomic mass is 32.2. The first kappa shape index (κ1) is 19.4. The van der Waals surface area contributed by atoms with Crippen molar-refractivity contribution in [2.24, 2.45) is 0 Å². The van der Waals surface area contributed by atoms with Crippen LogP contribution in [0, 0.1) is 5.82 Å². The lowest BCUT2D eigenvalue weighted by atomic mass is 10.2. The largest absolute Gasteiger partial charge is 0.465 e. The highest BCUT2D eigenvalue weighted by Gasteiger charge is 2.25. The van der Waals surface area contributed by atoms with Crippen LogP contribution in [-0.4, -0.2) is 40.2 Å². The van der Waals surface area contributed by atoms with Crippen molar-refractivity contribution in [3.8, 4) is 0 Å². The fraction of sp³-hybridized carbons (Fsp3) is 0.176. The molecule has 0 aliphatic carbocycles. The van der Waals surface area contributed by atoms with Crippen LogP contribution in [0.3, 0.4) is 0 Å². The molecule has 26 heavy (non-hydrogen) atoms. The Balaban J connectivity index is 2.31. The number of methoxy groups -OCH3 is 1. The van der Waals surface area contributed by atoms with Gasteiger partial charge in [0.15, 0.2) is 0 Å². The number of nitrogens with zero attached hydrogens (tertiary/aromatic N) is 1. The summed E-state index contributed by atoms with van der Waals surface area (Å²) in [5.41, 5.74) is 0.345.